The third-order valence-corrected chi connectivity index (χ3v) is 1.88. The Balaban J connectivity index is 3.84. The molecule has 0 rings (SSSR count). The maximum Gasteiger partial charge on any atom is 0.485 e. The van der Waals surface area contributed by atoms with E-state index in [-0.39, 0.29) is 19.8 Å². The molecule has 0 fully saturated rings. The number of rotatable bonds is 6. The average molecular weight is 161 g/mol. The highest BCUT2D eigenvalue weighted by molar-refractivity contribution is 6.15. The van der Waals surface area contributed by atoms with E-state index in [1.165, 1.54) is 0 Å². The molecule has 0 aliphatic carbocycles. The zero-order valence-electron chi connectivity index (χ0n) is 6.66. The molecule has 0 unspecified atom stereocenters. The van der Waals surface area contributed by atoms with E-state index in [1.807, 2.05) is 6.92 Å². The summed E-state index contributed by atoms with van der Waals surface area (Å²) in [6, 6.07) is 0. The van der Waals surface area contributed by atoms with E-state index in [2.05, 4.69) is 4.65 Å². The number of aliphatic hydroxyl groups excluding tert-OH is 2. The Hall–Kier alpha value is -0.0951. The molecule has 0 heterocycles. The van der Waals surface area contributed by atoms with Crippen LogP contribution >= 0.6 is 0 Å². The van der Waals surface area contributed by atoms with E-state index in [4.69, 9.17) is 15.2 Å². The van der Waals surface area contributed by atoms with Crippen molar-refractivity contribution in [2.45, 2.75) is 13.3 Å². The first-order valence-electron chi connectivity index (χ1n) is 3.54. The smallest absolute Gasteiger partial charge is 0.429 e. The van der Waals surface area contributed by atoms with Gasteiger partial charge in [0.2, 0.25) is 0 Å². The van der Waals surface area contributed by atoms with Gasteiger partial charge in [0.15, 0.2) is 0 Å². The molecule has 0 atom stereocenters. The van der Waals surface area contributed by atoms with Crippen LogP contribution in [-0.2, 0) is 4.65 Å². The minimum atomic E-state index is -0.626. The van der Waals surface area contributed by atoms with Gasteiger partial charge in [0.1, 0.15) is 0 Å². The summed E-state index contributed by atoms with van der Waals surface area (Å²) in [6.07, 6.45) is 0.605. The fourth-order valence-electron chi connectivity index (χ4n) is 0.681. The van der Waals surface area contributed by atoms with E-state index < -0.39 is 5.41 Å². The molecule has 3 N–H and O–H groups in total. The lowest BCUT2D eigenvalue weighted by Crippen LogP contribution is -2.34. The maximum absolute atomic E-state index is 8.87. The van der Waals surface area contributed by atoms with Crippen LogP contribution in [0.15, 0.2) is 0 Å². The van der Waals surface area contributed by atoms with Crippen molar-refractivity contribution in [1.29, 1.82) is 0 Å². The van der Waals surface area contributed by atoms with Crippen LogP contribution in [0.2, 0.25) is 0 Å². The highest BCUT2D eigenvalue weighted by atomic mass is 16.5. The SMILES string of the molecule is CCC(CO)(CO)CO[B]O. The molecule has 0 aromatic rings. The predicted octanol–water partition coefficient (Wildman–Crippen LogP) is -1.09. The molecular weight excluding hydrogens is 147 g/mol. The van der Waals surface area contributed by atoms with Crippen LogP contribution in [0.25, 0.3) is 0 Å². The van der Waals surface area contributed by atoms with E-state index >= 15 is 0 Å². The van der Waals surface area contributed by atoms with Gasteiger partial charge in [-0.3, -0.25) is 0 Å². The lowest BCUT2D eigenvalue weighted by molar-refractivity contribution is 0.00844. The van der Waals surface area contributed by atoms with Crippen molar-refractivity contribution >= 4 is 7.69 Å². The van der Waals surface area contributed by atoms with E-state index in [0.29, 0.717) is 14.1 Å². The van der Waals surface area contributed by atoms with Crippen molar-refractivity contribution in [3.05, 3.63) is 0 Å². The van der Waals surface area contributed by atoms with Gasteiger partial charge in [-0.15, -0.1) is 0 Å². The zero-order chi connectivity index (χ0) is 8.74. The summed E-state index contributed by atoms with van der Waals surface area (Å²) in [5.41, 5.74) is -0.626. The van der Waals surface area contributed by atoms with Gasteiger partial charge in [-0.25, -0.2) is 0 Å². The second kappa shape index (κ2) is 5.54. The van der Waals surface area contributed by atoms with Crippen LogP contribution in [0.1, 0.15) is 13.3 Å². The van der Waals surface area contributed by atoms with Crippen molar-refractivity contribution in [1.82, 2.24) is 0 Å². The largest absolute Gasteiger partial charge is 0.485 e. The lowest BCUT2D eigenvalue weighted by Gasteiger charge is -2.27. The Morgan fingerprint density at radius 1 is 1.36 bits per heavy atom. The third-order valence-electron chi connectivity index (χ3n) is 1.88. The van der Waals surface area contributed by atoms with Gasteiger partial charge < -0.3 is 19.9 Å². The molecule has 0 aliphatic heterocycles. The summed E-state index contributed by atoms with van der Waals surface area (Å²) >= 11 is 0. The summed E-state index contributed by atoms with van der Waals surface area (Å²) in [6.45, 7) is 1.68. The van der Waals surface area contributed by atoms with Crippen molar-refractivity contribution in [2.24, 2.45) is 5.41 Å². The maximum atomic E-state index is 8.87. The molecule has 4 nitrogen and oxygen atoms in total. The van der Waals surface area contributed by atoms with Crippen molar-refractivity contribution < 1.29 is 19.9 Å². The minimum Gasteiger partial charge on any atom is -0.429 e. The second-order valence-corrected chi connectivity index (χ2v) is 2.59. The standard InChI is InChI=1S/C6H14BO4/c1-2-6(3-8,4-9)5-11-7-10/h8-10H,2-5H2,1H3. The lowest BCUT2D eigenvalue weighted by atomic mass is 9.88. The van der Waals surface area contributed by atoms with E-state index in [1.54, 1.807) is 0 Å². The molecule has 0 amide bonds. The summed E-state index contributed by atoms with van der Waals surface area (Å²) in [4.78, 5) is 0. The third kappa shape index (κ3) is 3.20. The molecule has 0 spiro atoms. The van der Waals surface area contributed by atoms with Gasteiger partial charge in [-0.2, -0.15) is 0 Å². The van der Waals surface area contributed by atoms with Gasteiger partial charge in [0, 0.05) is 12.0 Å². The highest BCUT2D eigenvalue weighted by Crippen LogP contribution is 2.20. The van der Waals surface area contributed by atoms with Crippen LogP contribution in [0.3, 0.4) is 0 Å². The van der Waals surface area contributed by atoms with Gasteiger partial charge in [0.05, 0.1) is 13.2 Å². The summed E-state index contributed by atoms with van der Waals surface area (Å²) < 4.78 is 4.58. The van der Waals surface area contributed by atoms with Gasteiger partial charge in [-0.1, -0.05) is 6.92 Å². The van der Waals surface area contributed by atoms with Crippen molar-refractivity contribution in [2.75, 3.05) is 19.8 Å². The van der Waals surface area contributed by atoms with Gasteiger partial charge >= 0.3 is 7.69 Å². The molecule has 5 heteroatoms. The Labute approximate surface area is 67.1 Å². The van der Waals surface area contributed by atoms with Crippen LogP contribution in [0.5, 0.6) is 0 Å². The fraction of sp³-hybridized carbons (Fsp3) is 1.00. The summed E-state index contributed by atoms with van der Waals surface area (Å²) in [5, 5.41) is 25.9. The molecule has 1 radical (unpaired) electrons. The molecule has 0 aliphatic rings. The van der Waals surface area contributed by atoms with Crippen molar-refractivity contribution in [3.8, 4) is 0 Å². The highest BCUT2D eigenvalue weighted by Gasteiger charge is 2.26. The normalized spacial score (nSPS) is 11.6. The Bertz CT molecular complexity index is 86.3. The fourth-order valence-corrected chi connectivity index (χ4v) is 0.681. The molecule has 65 valence electrons. The first-order chi connectivity index (χ1) is 5.24. The van der Waals surface area contributed by atoms with Crippen LogP contribution in [0.4, 0.5) is 0 Å². The first-order valence-corrected chi connectivity index (χ1v) is 3.54. The van der Waals surface area contributed by atoms with E-state index in [0.717, 1.165) is 0 Å². The number of hydrogen-bond donors (Lipinski definition) is 3. The summed E-state index contributed by atoms with van der Waals surface area (Å²) in [7, 11) is 0.565. The van der Waals surface area contributed by atoms with Crippen molar-refractivity contribution in [3.63, 3.8) is 0 Å². The Morgan fingerprint density at radius 3 is 2.18 bits per heavy atom. The van der Waals surface area contributed by atoms with Gasteiger partial charge in [0.25, 0.3) is 0 Å². The molecule has 0 aromatic carbocycles. The second-order valence-electron chi connectivity index (χ2n) is 2.59. The molecular formula is C6H14BO4. The van der Waals surface area contributed by atoms with E-state index in [9.17, 15) is 0 Å². The van der Waals surface area contributed by atoms with Crippen LogP contribution in [-0.4, -0.2) is 42.7 Å². The molecule has 0 bridgehead atoms. The molecule has 0 aromatic heterocycles. The minimum absolute atomic E-state index is 0.132. The Kier molecular flexibility index (Phi) is 5.49. The summed E-state index contributed by atoms with van der Waals surface area (Å²) in [5.74, 6) is 0. The molecule has 0 saturated carbocycles. The zero-order valence-corrected chi connectivity index (χ0v) is 6.66. The van der Waals surface area contributed by atoms with Gasteiger partial charge in [-0.05, 0) is 6.42 Å². The Morgan fingerprint density at radius 2 is 1.91 bits per heavy atom. The average Bonchev–Trinajstić information content (AvgIpc) is 2.08. The van der Waals surface area contributed by atoms with Crippen LogP contribution in [0, 0.1) is 5.41 Å². The number of hydrogen-bond acceptors (Lipinski definition) is 4. The molecule has 0 saturated heterocycles. The first kappa shape index (κ1) is 10.9. The quantitative estimate of drug-likeness (QED) is 0.433. The monoisotopic (exact) mass is 161 g/mol. The van der Waals surface area contributed by atoms with Crippen LogP contribution < -0.4 is 0 Å². The molecule has 11 heavy (non-hydrogen) atoms. The predicted molar refractivity (Wildman–Crippen MR) is 40.8 cm³/mol. The number of aliphatic hydroxyl groups is 2. The topological polar surface area (TPSA) is 69.9 Å².